The number of piperazine rings is 1. The summed E-state index contributed by atoms with van der Waals surface area (Å²) >= 11 is 0. The van der Waals surface area contributed by atoms with Gasteiger partial charge in [-0.25, -0.2) is 0 Å². The topological polar surface area (TPSA) is 36.0 Å². The van der Waals surface area contributed by atoms with Crippen molar-refractivity contribution in [3.63, 3.8) is 0 Å². The normalized spacial score (nSPS) is 19.2. The Labute approximate surface area is 244 Å². The lowest BCUT2D eigenvalue weighted by Crippen LogP contribution is -2.55. The second-order valence-corrected chi connectivity index (χ2v) is 11.2. The Balaban J connectivity index is 1.14. The molecule has 2 fully saturated rings. The maximum Gasteiger partial charge on any atom is 0.233 e. The molecule has 2 unspecified atom stereocenters. The average molecular weight is 546 g/mol. The van der Waals surface area contributed by atoms with E-state index in [1.54, 1.807) is 7.11 Å². The van der Waals surface area contributed by atoms with E-state index in [2.05, 4.69) is 94.7 Å². The van der Waals surface area contributed by atoms with Crippen LogP contribution in [-0.4, -0.2) is 44.1 Å². The fourth-order valence-corrected chi connectivity index (χ4v) is 6.30. The van der Waals surface area contributed by atoms with E-state index in [4.69, 9.17) is 4.74 Å². The minimum absolute atomic E-state index is 0.00630. The lowest BCUT2D eigenvalue weighted by molar-refractivity contribution is -0.130. The number of aryl methyl sites for hydroxylation is 1. The molecule has 0 bridgehead atoms. The second kappa shape index (κ2) is 12.6. The van der Waals surface area contributed by atoms with E-state index in [0.29, 0.717) is 0 Å². The van der Waals surface area contributed by atoms with E-state index >= 15 is 0 Å². The van der Waals surface area contributed by atoms with Crippen molar-refractivity contribution >= 4 is 17.3 Å². The first-order valence-electron chi connectivity index (χ1n) is 14.8. The van der Waals surface area contributed by atoms with Gasteiger partial charge in [-0.1, -0.05) is 72.8 Å². The fraction of sp³-hybridized carbons (Fsp3) is 0.306. The number of amides is 1. The Kier molecular flexibility index (Phi) is 8.33. The van der Waals surface area contributed by atoms with Gasteiger partial charge in [-0.2, -0.15) is 0 Å². The first kappa shape index (κ1) is 27.1. The molecule has 4 aromatic carbocycles. The number of carbonyl (C=O) groups is 1. The molecule has 41 heavy (non-hydrogen) atoms. The zero-order valence-electron chi connectivity index (χ0n) is 23.9. The predicted molar refractivity (Wildman–Crippen MR) is 166 cm³/mol. The molecule has 0 spiro atoms. The predicted octanol–water partition coefficient (Wildman–Crippen LogP) is 6.74. The number of hydrogen-bond donors (Lipinski definition) is 0. The lowest BCUT2D eigenvalue weighted by Gasteiger charge is -2.48. The third-order valence-corrected chi connectivity index (χ3v) is 8.61. The minimum Gasteiger partial charge on any atom is -0.497 e. The highest BCUT2D eigenvalue weighted by atomic mass is 16.5. The molecular formula is C36H39N3O2. The summed E-state index contributed by atoms with van der Waals surface area (Å²) in [6.45, 7) is 5.17. The van der Waals surface area contributed by atoms with Gasteiger partial charge in [0.05, 0.1) is 19.1 Å². The van der Waals surface area contributed by atoms with Crippen LogP contribution in [0.2, 0.25) is 0 Å². The monoisotopic (exact) mass is 545 g/mol. The van der Waals surface area contributed by atoms with Crippen molar-refractivity contribution in [1.29, 1.82) is 0 Å². The molecule has 0 saturated carbocycles. The van der Waals surface area contributed by atoms with Crippen LogP contribution in [0.1, 0.15) is 35.6 Å². The van der Waals surface area contributed by atoms with Crippen LogP contribution in [0.15, 0.2) is 109 Å². The summed E-state index contributed by atoms with van der Waals surface area (Å²) in [5, 5.41) is 0. The summed E-state index contributed by atoms with van der Waals surface area (Å²) in [7, 11) is 1.67. The summed E-state index contributed by atoms with van der Waals surface area (Å²) in [5.41, 5.74) is 6.10. The van der Waals surface area contributed by atoms with Crippen LogP contribution in [0.25, 0.3) is 0 Å². The number of rotatable bonds is 10. The van der Waals surface area contributed by atoms with Crippen molar-refractivity contribution in [3.8, 4) is 5.75 Å². The fourth-order valence-electron chi connectivity index (χ4n) is 6.30. The summed E-state index contributed by atoms with van der Waals surface area (Å²) in [5.74, 6) is 1.01. The number of hydrogen-bond acceptors (Lipinski definition) is 4. The van der Waals surface area contributed by atoms with Gasteiger partial charge >= 0.3 is 0 Å². The van der Waals surface area contributed by atoms with Crippen LogP contribution in [0.3, 0.4) is 0 Å². The van der Waals surface area contributed by atoms with Gasteiger partial charge in [0.25, 0.3) is 0 Å². The number of carbonyl (C=O) groups excluding carboxylic acids is 1. The largest absolute Gasteiger partial charge is 0.497 e. The highest BCUT2D eigenvalue weighted by Gasteiger charge is 2.48. The Bertz CT molecular complexity index is 1400. The van der Waals surface area contributed by atoms with Crippen molar-refractivity contribution < 1.29 is 9.53 Å². The Morgan fingerprint density at radius 3 is 1.95 bits per heavy atom. The van der Waals surface area contributed by atoms with Gasteiger partial charge in [0.1, 0.15) is 5.75 Å². The van der Waals surface area contributed by atoms with E-state index in [0.717, 1.165) is 63.4 Å². The van der Waals surface area contributed by atoms with Gasteiger partial charge < -0.3 is 14.5 Å². The highest BCUT2D eigenvalue weighted by molar-refractivity contribution is 6.03. The highest BCUT2D eigenvalue weighted by Crippen LogP contribution is 2.46. The maximum atomic E-state index is 13.5. The molecule has 0 radical (unpaired) electrons. The zero-order chi connectivity index (χ0) is 28.0. The smallest absolute Gasteiger partial charge is 0.233 e. The lowest BCUT2D eigenvalue weighted by atomic mass is 9.78. The van der Waals surface area contributed by atoms with Crippen molar-refractivity contribution in [3.05, 3.63) is 126 Å². The molecule has 2 atom stereocenters. The Hall–Kier alpha value is -4.09. The number of β-lactam (4-membered cyclic amide) rings is 1. The molecule has 210 valence electrons. The van der Waals surface area contributed by atoms with E-state index in [-0.39, 0.29) is 17.9 Å². The molecule has 0 N–H and O–H groups in total. The number of anilines is 2. The second-order valence-electron chi connectivity index (χ2n) is 11.2. The molecule has 0 aromatic heterocycles. The van der Waals surface area contributed by atoms with Crippen LogP contribution < -0.4 is 14.5 Å². The third-order valence-electron chi connectivity index (χ3n) is 8.61. The number of benzene rings is 4. The molecule has 5 heteroatoms. The summed E-state index contributed by atoms with van der Waals surface area (Å²) in [4.78, 5) is 20.5. The molecule has 6 rings (SSSR count). The van der Waals surface area contributed by atoms with E-state index in [9.17, 15) is 4.79 Å². The van der Waals surface area contributed by atoms with Gasteiger partial charge in [0, 0.05) is 44.1 Å². The number of methoxy groups -OCH3 is 1. The van der Waals surface area contributed by atoms with Gasteiger partial charge in [0.2, 0.25) is 5.91 Å². The molecule has 5 nitrogen and oxygen atoms in total. The van der Waals surface area contributed by atoms with Crippen LogP contribution in [-0.2, 0) is 17.8 Å². The number of ether oxygens (including phenoxy) is 1. The maximum absolute atomic E-state index is 13.5. The summed E-state index contributed by atoms with van der Waals surface area (Å²) in [6, 6.07) is 38.2. The quantitative estimate of drug-likeness (QED) is 0.207. The molecule has 2 saturated heterocycles. The molecular weight excluding hydrogens is 506 g/mol. The molecule has 1 amide bonds. The van der Waals surface area contributed by atoms with Crippen LogP contribution in [0.5, 0.6) is 5.75 Å². The minimum atomic E-state index is -0.00630. The van der Waals surface area contributed by atoms with Crippen molar-refractivity contribution in [1.82, 2.24) is 4.90 Å². The van der Waals surface area contributed by atoms with Gasteiger partial charge in [-0.15, -0.1) is 0 Å². The van der Waals surface area contributed by atoms with Crippen molar-refractivity contribution in [2.75, 3.05) is 43.1 Å². The van der Waals surface area contributed by atoms with E-state index < -0.39 is 0 Å². The standard InChI is InChI=1S/C36H39N3O2/c1-41-33-21-19-32(20-22-33)39-35(34(36(39)40)14-8-13-28-9-4-2-5-10-28)30-15-17-31(18-16-30)38-25-23-37(24-26-38)27-29-11-6-3-7-12-29/h2-7,9-12,15-22,34-35H,8,13-14,23-27H2,1H3. The van der Waals surface area contributed by atoms with E-state index in [1.807, 2.05) is 29.2 Å². The van der Waals surface area contributed by atoms with Gasteiger partial charge in [-0.3, -0.25) is 9.69 Å². The van der Waals surface area contributed by atoms with Crippen molar-refractivity contribution in [2.24, 2.45) is 5.92 Å². The molecule has 2 aliphatic rings. The first-order chi connectivity index (χ1) is 20.2. The van der Waals surface area contributed by atoms with Crippen LogP contribution >= 0.6 is 0 Å². The van der Waals surface area contributed by atoms with Crippen LogP contribution in [0, 0.1) is 5.92 Å². The van der Waals surface area contributed by atoms with Crippen molar-refractivity contribution in [2.45, 2.75) is 31.8 Å². The molecule has 2 aliphatic heterocycles. The van der Waals surface area contributed by atoms with Gasteiger partial charge in [0.15, 0.2) is 0 Å². The van der Waals surface area contributed by atoms with E-state index in [1.165, 1.54) is 22.4 Å². The number of nitrogens with zero attached hydrogens (tertiary/aromatic N) is 3. The third kappa shape index (κ3) is 6.15. The Morgan fingerprint density at radius 2 is 1.32 bits per heavy atom. The summed E-state index contributed by atoms with van der Waals surface area (Å²) < 4.78 is 5.35. The summed E-state index contributed by atoms with van der Waals surface area (Å²) in [6.07, 6.45) is 2.88. The Morgan fingerprint density at radius 1 is 0.707 bits per heavy atom. The first-order valence-corrected chi connectivity index (χ1v) is 14.8. The molecule has 2 heterocycles. The van der Waals surface area contributed by atoms with Gasteiger partial charge in [-0.05, 0) is 72.4 Å². The zero-order valence-corrected chi connectivity index (χ0v) is 23.9. The average Bonchev–Trinajstić information content (AvgIpc) is 3.03. The molecule has 4 aromatic rings. The molecule has 0 aliphatic carbocycles. The SMILES string of the molecule is COc1ccc(N2C(=O)C(CCCc3ccccc3)C2c2ccc(N3CCN(Cc4ccccc4)CC3)cc2)cc1. The van der Waals surface area contributed by atoms with Crippen LogP contribution in [0.4, 0.5) is 11.4 Å².